The first-order chi connectivity index (χ1) is 8.06. The Hall–Kier alpha value is -1.69. The minimum absolute atomic E-state index is 0.0597. The third kappa shape index (κ3) is 2.71. The summed E-state index contributed by atoms with van der Waals surface area (Å²) in [6, 6.07) is 5.21. The largest absolute Gasteiger partial charge is 0.398 e. The van der Waals surface area contributed by atoms with Crippen molar-refractivity contribution in [2.75, 3.05) is 5.73 Å². The first-order valence-corrected chi connectivity index (χ1v) is 5.79. The van der Waals surface area contributed by atoms with Crippen molar-refractivity contribution in [3.8, 4) is 0 Å². The highest BCUT2D eigenvalue weighted by molar-refractivity contribution is 9.10. The Morgan fingerprint density at radius 3 is 2.88 bits per heavy atom. The van der Waals surface area contributed by atoms with Crippen LogP contribution in [0, 0.1) is 0 Å². The fourth-order valence-electron chi connectivity index (χ4n) is 1.52. The van der Waals surface area contributed by atoms with Gasteiger partial charge in [0.2, 0.25) is 0 Å². The number of nitrogens with two attached hydrogens (primary N) is 1. The number of Topliss-reactive ketones (excluding diaryl/α,β-unsaturated/α-hetero) is 1. The van der Waals surface area contributed by atoms with Gasteiger partial charge in [-0.05, 0) is 18.2 Å². The molecule has 2 aromatic rings. The number of carbonyl (C=O) groups is 1. The van der Waals surface area contributed by atoms with E-state index in [4.69, 9.17) is 5.73 Å². The Morgan fingerprint density at radius 2 is 2.29 bits per heavy atom. The van der Waals surface area contributed by atoms with E-state index in [9.17, 15) is 4.79 Å². The number of ketones is 1. The first kappa shape index (κ1) is 11.8. The molecule has 1 aromatic carbocycles. The predicted molar refractivity (Wildman–Crippen MR) is 67.6 cm³/mol. The van der Waals surface area contributed by atoms with Crippen molar-refractivity contribution in [1.82, 2.24) is 15.0 Å². The second kappa shape index (κ2) is 4.67. The number of rotatable bonds is 3. The Morgan fingerprint density at radius 1 is 1.53 bits per heavy atom. The zero-order valence-corrected chi connectivity index (χ0v) is 10.8. The van der Waals surface area contributed by atoms with Gasteiger partial charge in [0.1, 0.15) is 0 Å². The third-order valence-corrected chi connectivity index (χ3v) is 2.80. The Labute approximate surface area is 107 Å². The molecule has 0 saturated carbocycles. The van der Waals surface area contributed by atoms with E-state index < -0.39 is 0 Å². The minimum atomic E-state index is -0.0597. The summed E-state index contributed by atoms with van der Waals surface area (Å²) >= 11 is 3.30. The zero-order chi connectivity index (χ0) is 12.4. The fraction of sp³-hybridized carbons (Fsp3) is 0.182. The van der Waals surface area contributed by atoms with Crippen LogP contribution in [0.3, 0.4) is 0 Å². The molecule has 0 amide bonds. The van der Waals surface area contributed by atoms with Crippen LogP contribution in [0.5, 0.6) is 0 Å². The molecular weight excluding hydrogens is 284 g/mol. The van der Waals surface area contributed by atoms with Crippen LogP contribution >= 0.6 is 15.9 Å². The standard InChI is InChI=1S/C11H11BrN4O/c1-16-6-8(14-15-16)5-11(17)9-3-2-7(12)4-10(9)13/h2-4,6H,5,13H2,1H3. The summed E-state index contributed by atoms with van der Waals surface area (Å²) in [4.78, 5) is 12.0. The molecule has 0 aliphatic rings. The van der Waals surface area contributed by atoms with E-state index in [2.05, 4.69) is 26.2 Å². The van der Waals surface area contributed by atoms with E-state index in [0.717, 1.165) is 4.47 Å². The van der Waals surface area contributed by atoms with Gasteiger partial charge in [-0.1, -0.05) is 21.1 Å². The maximum absolute atomic E-state index is 12.0. The molecule has 2 rings (SSSR count). The van der Waals surface area contributed by atoms with Crippen molar-refractivity contribution in [3.63, 3.8) is 0 Å². The summed E-state index contributed by atoms with van der Waals surface area (Å²) in [6.07, 6.45) is 1.92. The van der Waals surface area contributed by atoms with Crippen LogP contribution in [0.1, 0.15) is 16.1 Å². The number of carbonyl (C=O) groups excluding carboxylic acids is 1. The molecular formula is C11H11BrN4O. The lowest BCUT2D eigenvalue weighted by Crippen LogP contribution is -2.07. The number of nitrogens with zero attached hydrogens (tertiary/aromatic N) is 3. The maximum atomic E-state index is 12.0. The van der Waals surface area contributed by atoms with Crippen molar-refractivity contribution in [2.24, 2.45) is 7.05 Å². The van der Waals surface area contributed by atoms with E-state index in [1.807, 2.05) is 0 Å². The highest BCUT2D eigenvalue weighted by Crippen LogP contribution is 2.19. The normalized spacial score (nSPS) is 10.5. The lowest BCUT2D eigenvalue weighted by Gasteiger charge is -2.03. The molecule has 17 heavy (non-hydrogen) atoms. The average Bonchev–Trinajstić information content (AvgIpc) is 2.63. The van der Waals surface area contributed by atoms with E-state index in [1.165, 1.54) is 0 Å². The second-order valence-electron chi connectivity index (χ2n) is 3.72. The summed E-state index contributed by atoms with van der Waals surface area (Å²) in [6.45, 7) is 0. The van der Waals surface area contributed by atoms with Crippen LogP contribution in [0.15, 0.2) is 28.9 Å². The van der Waals surface area contributed by atoms with Crippen molar-refractivity contribution < 1.29 is 4.79 Å². The fourth-order valence-corrected chi connectivity index (χ4v) is 1.90. The van der Waals surface area contributed by atoms with Gasteiger partial charge in [0, 0.05) is 29.0 Å². The van der Waals surface area contributed by atoms with Gasteiger partial charge in [-0.3, -0.25) is 9.48 Å². The highest BCUT2D eigenvalue weighted by Gasteiger charge is 2.12. The highest BCUT2D eigenvalue weighted by atomic mass is 79.9. The SMILES string of the molecule is Cn1cc(CC(=O)c2ccc(Br)cc2N)nn1. The van der Waals surface area contributed by atoms with E-state index in [1.54, 1.807) is 36.1 Å². The van der Waals surface area contributed by atoms with Crippen LogP contribution in [-0.4, -0.2) is 20.8 Å². The number of aryl methyl sites for hydroxylation is 1. The lowest BCUT2D eigenvalue weighted by molar-refractivity contribution is 0.0992. The Bertz CT molecular complexity index is 564. The molecule has 0 unspecified atom stereocenters. The van der Waals surface area contributed by atoms with Crippen molar-refractivity contribution in [1.29, 1.82) is 0 Å². The molecule has 2 N–H and O–H groups in total. The van der Waals surface area contributed by atoms with Crippen LogP contribution in [0.25, 0.3) is 0 Å². The molecule has 0 radical (unpaired) electrons. The first-order valence-electron chi connectivity index (χ1n) is 4.99. The summed E-state index contributed by atoms with van der Waals surface area (Å²) in [5.41, 5.74) is 7.41. The molecule has 88 valence electrons. The van der Waals surface area contributed by atoms with Gasteiger partial charge in [-0.15, -0.1) is 5.10 Å². The van der Waals surface area contributed by atoms with Gasteiger partial charge in [0.15, 0.2) is 5.78 Å². The van der Waals surface area contributed by atoms with E-state index in [0.29, 0.717) is 16.9 Å². The van der Waals surface area contributed by atoms with Gasteiger partial charge in [0.25, 0.3) is 0 Å². The van der Waals surface area contributed by atoms with Crippen LogP contribution in [0.4, 0.5) is 5.69 Å². The monoisotopic (exact) mass is 294 g/mol. The molecule has 5 nitrogen and oxygen atoms in total. The molecule has 0 bridgehead atoms. The number of hydrogen-bond donors (Lipinski definition) is 1. The van der Waals surface area contributed by atoms with Crippen molar-refractivity contribution in [2.45, 2.75) is 6.42 Å². The number of benzene rings is 1. The smallest absolute Gasteiger partial charge is 0.171 e. The van der Waals surface area contributed by atoms with E-state index in [-0.39, 0.29) is 12.2 Å². The maximum Gasteiger partial charge on any atom is 0.171 e. The van der Waals surface area contributed by atoms with Crippen molar-refractivity contribution in [3.05, 3.63) is 40.1 Å². The molecule has 6 heteroatoms. The number of anilines is 1. The number of aromatic nitrogens is 3. The molecule has 0 spiro atoms. The molecule has 0 atom stereocenters. The summed E-state index contributed by atoms with van der Waals surface area (Å²) in [5.74, 6) is -0.0597. The van der Waals surface area contributed by atoms with Crippen molar-refractivity contribution >= 4 is 27.4 Å². The lowest BCUT2D eigenvalue weighted by atomic mass is 10.1. The molecule has 0 aliphatic carbocycles. The van der Waals surface area contributed by atoms with Gasteiger partial charge < -0.3 is 5.73 Å². The van der Waals surface area contributed by atoms with Gasteiger partial charge in [-0.2, -0.15) is 0 Å². The minimum Gasteiger partial charge on any atom is -0.398 e. The third-order valence-electron chi connectivity index (χ3n) is 2.31. The molecule has 0 fully saturated rings. The summed E-state index contributed by atoms with van der Waals surface area (Å²) in [5, 5.41) is 7.65. The number of hydrogen-bond acceptors (Lipinski definition) is 4. The predicted octanol–water partition coefficient (Wildman–Crippen LogP) is 1.59. The quantitative estimate of drug-likeness (QED) is 0.689. The van der Waals surface area contributed by atoms with Gasteiger partial charge >= 0.3 is 0 Å². The van der Waals surface area contributed by atoms with Gasteiger partial charge in [-0.25, -0.2) is 0 Å². The molecule has 1 aromatic heterocycles. The Kier molecular flexibility index (Phi) is 3.23. The van der Waals surface area contributed by atoms with Gasteiger partial charge in [0.05, 0.1) is 12.1 Å². The summed E-state index contributed by atoms with van der Waals surface area (Å²) in [7, 11) is 1.76. The number of nitrogen functional groups attached to an aromatic ring is 1. The number of halogens is 1. The summed E-state index contributed by atoms with van der Waals surface area (Å²) < 4.78 is 2.42. The van der Waals surface area contributed by atoms with Crippen LogP contribution < -0.4 is 5.73 Å². The molecule has 1 heterocycles. The molecule has 0 aliphatic heterocycles. The topological polar surface area (TPSA) is 73.8 Å². The molecule has 0 saturated heterocycles. The van der Waals surface area contributed by atoms with Crippen LogP contribution in [-0.2, 0) is 13.5 Å². The van der Waals surface area contributed by atoms with Crippen LogP contribution in [0.2, 0.25) is 0 Å². The van der Waals surface area contributed by atoms with E-state index >= 15 is 0 Å². The zero-order valence-electron chi connectivity index (χ0n) is 9.22. The Balaban J connectivity index is 2.20. The second-order valence-corrected chi connectivity index (χ2v) is 4.63. The average molecular weight is 295 g/mol.